The summed E-state index contributed by atoms with van der Waals surface area (Å²) >= 11 is 0. The molecule has 3 atom stereocenters. The minimum atomic E-state index is -4.39. The molecule has 1 aliphatic rings. The molecule has 0 radical (unpaired) electrons. The highest BCUT2D eigenvalue weighted by molar-refractivity contribution is 5.79. The Morgan fingerprint density at radius 1 is 0.861 bits per heavy atom. The summed E-state index contributed by atoms with van der Waals surface area (Å²) in [4.78, 5) is 12.1. The Hall–Kier alpha value is -3.16. The largest absolute Gasteiger partial charge is 0.416 e. The molecule has 4 rings (SSSR count). The van der Waals surface area contributed by atoms with Crippen LogP contribution in [0.4, 0.5) is 13.2 Å². The number of amides is 1. The quantitative estimate of drug-likeness (QED) is 0.349. The molecule has 1 N–H and O–H groups in total. The van der Waals surface area contributed by atoms with Gasteiger partial charge in [0, 0.05) is 0 Å². The Kier molecular flexibility index (Phi) is 8.78. The number of ether oxygens (including phenoxy) is 2. The lowest BCUT2D eigenvalue weighted by atomic mass is 9.98. The van der Waals surface area contributed by atoms with Gasteiger partial charge >= 0.3 is 6.18 Å². The maximum atomic E-state index is 13.2. The van der Waals surface area contributed by atoms with Crippen LogP contribution in [0.2, 0.25) is 0 Å². The zero-order chi connectivity index (χ0) is 25.4. The third-order valence-electron chi connectivity index (χ3n) is 6.33. The molecule has 0 unspecified atom stereocenters. The first kappa shape index (κ1) is 25.9. The summed E-state index contributed by atoms with van der Waals surface area (Å²) < 4.78 is 51.9. The van der Waals surface area contributed by atoms with Gasteiger partial charge in [-0.1, -0.05) is 78.9 Å². The molecule has 1 amide bonds. The predicted octanol–water partition coefficient (Wildman–Crippen LogP) is 6.09. The Morgan fingerprint density at radius 2 is 1.50 bits per heavy atom. The molecular formula is C29H30F3NO3. The van der Waals surface area contributed by atoms with E-state index in [-0.39, 0.29) is 24.2 Å². The van der Waals surface area contributed by atoms with Gasteiger partial charge < -0.3 is 14.8 Å². The SMILES string of the molecule is O=C1C[C@@H](OCc2ccccc2)[C@H](CC[C@H](Cc2cccc(C(F)(F)F)c2)OCc2ccccc2)N1. The van der Waals surface area contributed by atoms with Crippen LogP contribution >= 0.6 is 0 Å². The van der Waals surface area contributed by atoms with Crippen LogP contribution in [0.3, 0.4) is 0 Å². The smallest absolute Gasteiger partial charge is 0.373 e. The van der Waals surface area contributed by atoms with Gasteiger partial charge in [0.2, 0.25) is 5.91 Å². The average Bonchev–Trinajstić information content (AvgIpc) is 3.24. The van der Waals surface area contributed by atoms with Crippen LogP contribution < -0.4 is 5.32 Å². The van der Waals surface area contributed by atoms with E-state index >= 15 is 0 Å². The van der Waals surface area contributed by atoms with Crippen molar-refractivity contribution in [3.05, 3.63) is 107 Å². The van der Waals surface area contributed by atoms with E-state index in [1.165, 1.54) is 12.1 Å². The molecule has 0 saturated carbocycles. The minimum absolute atomic E-state index is 0.0577. The Morgan fingerprint density at radius 3 is 2.17 bits per heavy atom. The lowest BCUT2D eigenvalue weighted by Gasteiger charge is -2.24. The van der Waals surface area contributed by atoms with E-state index in [2.05, 4.69) is 5.32 Å². The van der Waals surface area contributed by atoms with Crippen LogP contribution in [-0.2, 0) is 40.1 Å². The highest BCUT2D eigenvalue weighted by Gasteiger charge is 2.34. The molecule has 3 aromatic rings. The minimum Gasteiger partial charge on any atom is -0.373 e. The summed E-state index contributed by atoms with van der Waals surface area (Å²) in [5.41, 5.74) is 1.92. The fourth-order valence-electron chi connectivity index (χ4n) is 4.43. The second-order valence-corrected chi connectivity index (χ2v) is 9.11. The molecule has 0 aromatic heterocycles. The lowest BCUT2D eigenvalue weighted by molar-refractivity contribution is -0.137. The van der Waals surface area contributed by atoms with Gasteiger partial charge in [-0.25, -0.2) is 0 Å². The van der Waals surface area contributed by atoms with Crippen LogP contribution in [-0.4, -0.2) is 24.2 Å². The number of hydrogen-bond donors (Lipinski definition) is 1. The predicted molar refractivity (Wildman–Crippen MR) is 131 cm³/mol. The molecule has 1 aliphatic heterocycles. The molecule has 0 spiro atoms. The normalized spacial score (nSPS) is 18.7. The van der Waals surface area contributed by atoms with Gasteiger partial charge in [-0.05, 0) is 42.0 Å². The number of alkyl halides is 3. The monoisotopic (exact) mass is 497 g/mol. The van der Waals surface area contributed by atoms with Crippen molar-refractivity contribution in [3.8, 4) is 0 Å². The van der Waals surface area contributed by atoms with Crippen molar-refractivity contribution in [1.82, 2.24) is 5.32 Å². The Bertz CT molecular complexity index is 1110. The highest BCUT2D eigenvalue weighted by atomic mass is 19.4. The van der Waals surface area contributed by atoms with Gasteiger partial charge in [-0.15, -0.1) is 0 Å². The zero-order valence-corrected chi connectivity index (χ0v) is 19.9. The second-order valence-electron chi connectivity index (χ2n) is 9.11. The number of benzene rings is 3. The molecule has 190 valence electrons. The number of halogens is 3. The van der Waals surface area contributed by atoms with E-state index in [0.717, 1.165) is 17.2 Å². The van der Waals surface area contributed by atoms with Gasteiger partial charge in [-0.3, -0.25) is 4.79 Å². The first-order valence-corrected chi connectivity index (χ1v) is 12.1. The number of carbonyl (C=O) groups is 1. The summed E-state index contributed by atoms with van der Waals surface area (Å²) in [5, 5.41) is 2.99. The fourth-order valence-corrected chi connectivity index (χ4v) is 4.43. The van der Waals surface area contributed by atoms with E-state index in [0.29, 0.717) is 44.5 Å². The number of hydrogen-bond acceptors (Lipinski definition) is 3. The topological polar surface area (TPSA) is 47.6 Å². The molecular weight excluding hydrogens is 467 g/mol. The molecule has 1 fully saturated rings. The van der Waals surface area contributed by atoms with Crippen LogP contribution in [0.25, 0.3) is 0 Å². The Balaban J connectivity index is 1.40. The summed E-state index contributed by atoms with van der Waals surface area (Å²) in [7, 11) is 0. The maximum Gasteiger partial charge on any atom is 0.416 e. The van der Waals surface area contributed by atoms with E-state index in [1.807, 2.05) is 60.7 Å². The van der Waals surface area contributed by atoms with Crippen molar-refractivity contribution in [1.29, 1.82) is 0 Å². The molecule has 36 heavy (non-hydrogen) atoms. The lowest BCUT2D eigenvalue weighted by Crippen LogP contribution is -2.34. The van der Waals surface area contributed by atoms with Crippen molar-refractivity contribution in [3.63, 3.8) is 0 Å². The zero-order valence-electron chi connectivity index (χ0n) is 19.9. The van der Waals surface area contributed by atoms with Crippen molar-refractivity contribution in [2.24, 2.45) is 0 Å². The number of carbonyl (C=O) groups excluding carboxylic acids is 1. The van der Waals surface area contributed by atoms with Crippen LogP contribution in [0.1, 0.15) is 41.5 Å². The van der Waals surface area contributed by atoms with Gasteiger partial charge in [-0.2, -0.15) is 13.2 Å². The Labute approximate surface area is 209 Å². The maximum absolute atomic E-state index is 13.2. The van der Waals surface area contributed by atoms with Crippen molar-refractivity contribution < 1.29 is 27.4 Å². The van der Waals surface area contributed by atoms with Gasteiger partial charge in [0.1, 0.15) is 0 Å². The van der Waals surface area contributed by atoms with Gasteiger partial charge in [0.25, 0.3) is 0 Å². The van der Waals surface area contributed by atoms with Crippen LogP contribution in [0.15, 0.2) is 84.9 Å². The van der Waals surface area contributed by atoms with Crippen molar-refractivity contribution in [2.45, 2.75) is 63.3 Å². The summed E-state index contributed by atoms with van der Waals surface area (Å²) in [6, 6.07) is 24.6. The van der Waals surface area contributed by atoms with Crippen molar-refractivity contribution in [2.75, 3.05) is 0 Å². The summed E-state index contributed by atoms with van der Waals surface area (Å²) in [6.07, 6.45) is -3.17. The molecule has 1 heterocycles. The third kappa shape index (κ3) is 7.67. The van der Waals surface area contributed by atoms with Gasteiger partial charge in [0.05, 0.1) is 43.4 Å². The average molecular weight is 498 g/mol. The van der Waals surface area contributed by atoms with E-state index in [1.54, 1.807) is 6.07 Å². The van der Waals surface area contributed by atoms with Crippen LogP contribution in [0.5, 0.6) is 0 Å². The summed E-state index contributed by atoms with van der Waals surface area (Å²) in [5.74, 6) is -0.0577. The molecule has 3 aromatic carbocycles. The summed E-state index contributed by atoms with van der Waals surface area (Å²) in [6.45, 7) is 0.768. The molecule has 0 bridgehead atoms. The fraction of sp³-hybridized carbons (Fsp3) is 0.345. The van der Waals surface area contributed by atoms with Crippen LogP contribution in [0, 0.1) is 0 Å². The highest BCUT2D eigenvalue weighted by Crippen LogP contribution is 2.30. The number of nitrogens with one attached hydrogen (secondary N) is 1. The third-order valence-corrected chi connectivity index (χ3v) is 6.33. The first-order chi connectivity index (χ1) is 17.4. The molecule has 7 heteroatoms. The standard InChI is InChI=1S/C29H30F3NO3/c30-29(31,32)24-13-7-12-23(16-24)17-25(35-19-21-8-3-1-4-9-21)14-15-26-27(18-28(34)33-26)36-20-22-10-5-2-6-11-22/h1-13,16,25-27H,14-15,17-20H2,(H,33,34)/t25-,26+,27-/m1/s1. The second kappa shape index (κ2) is 12.2. The molecule has 4 nitrogen and oxygen atoms in total. The first-order valence-electron chi connectivity index (χ1n) is 12.1. The van der Waals surface area contributed by atoms with E-state index in [9.17, 15) is 18.0 Å². The van der Waals surface area contributed by atoms with E-state index < -0.39 is 11.7 Å². The molecule has 0 aliphatic carbocycles. The van der Waals surface area contributed by atoms with Crippen molar-refractivity contribution >= 4 is 5.91 Å². The van der Waals surface area contributed by atoms with Gasteiger partial charge in [0.15, 0.2) is 0 Å². The number of rotatable bonds is 11. The molecule has 1 saturated heterocycles. The van der Waals surface area contributed by atoms with E-state index in [4.69, 9.17) is 9.47 Å².